The van der Waals surface area contributed by atoms with E-state index in [1.54, 1.807) is 19.3 Å². The van der Waals surface area contributed by atoms with E-state index in [-0.39, 0.29) is 17.5 Å². The molecule has 0 aromatic carbocycles. The fourth-order valence-electron chi connectivity index (χ4n) is 1.79. The second-order valence-electron chi connectivity index (χ2n) is 4.16. The number of nitrogens with zero attached hydrogens (tertiary/aromatic N) is 2. The van der Waals surface area contributed by atoms with E-state index in [4.69, 9.17) is 0 Å². The van der Waals surface area contributed by atoms with Crippen LogP contribution in [0.2, 0.25) is 0 Å². The van der Waals surface area contributed by atoms with Gasteiger partial charge in [-0.25, -0.2) is 8.42 Å². The predicted molar refractivity (Wildman–Crippen MR) is 72.0 cm³/mol. The molecule has 0 saturated heterocycles. The van der Waals surface area contributed by atoms with Crippen LogP contribution in [-0.4, -0.2) is 36.7 Å². The topological polar surface area (TPSA) is 72.0 Å². The number of aromatic nitrogens is 2. The molecular weight excluding hydrogens is 250 g/mol. The largest absolute Gasteiger partial charge is 0.310 e. The van der Waals surface area contributed by atoms with Gasteiger partial charge in [0, 0.05) is 18.0 Å². The Labute approximate surface area is 109 Å². The van der Waals surface area contributed by atoms with E-state index in [1.165, 1.54) is 0 Å². The Morgan fingerprint density at radius 2 is 2.11 bits per heavy atom. The van der Waals surface area contributed by atoms with Gasteiger partial charge in [-0.15, -0.1) is 0 Å². The highest BCUT2D eigenvalue weighted by Crippen LogP contribution is 2.17. The summed E-state index contributed by atoms with van der Waals surface area (Å²) in [5, 5.41) is 10.9. The fraction of sp³-hybridized carbons (Fsp3) is 0.667. The van der Waals surface area contributed by atoms with Crippen LogP contribution in [0.1, 0.15) is 38.3 Å². The van der Waals surface area contributed by atoms with Crippen molar-refractivity contribution in [2.24, 2.45) is 0 Å². The summed E-state index contributed by atoms with van der Waals surface area (Å²) in [7, 11) is -2.87. The van der Waals surface area contributed by atoms with Crippen LogP contribution in [0.25, 0.3) is 0 Å². The summed E-state index contributed by atoms with van der Waals surface area (Å²) in [6.45, 7) is 4.56. The van der Waals surface area contributed by atoms with Crippen molar-refractivity contribution in [1.82, 2.24) is 15.5 Å². The number of sulfone groups is 1. The molecule has 102 valence electrons. The molecule has 0 radical (unpaired) electrons. The number of rotatable bonds is 8. The van der Waals surface area contributed by atoms with Crippen LogP contribution >= 0.6 is 0 Å². The van der Waals surface area contributed by atoms with Gasteiger partial charge in [0.25, 0.3) is 0 Å². The molecule has 0 aliphatic rings. The first-order valence-electron chi connectivity index (χ1n) is 6.29. The molecule has 5 nitrogen and oxygen atoms in total. The molecule has 1 aromatic heterocycles. The summed E-state index contributed by atoms with van der Waals surface area (Å²) in [6.07, 6.45) is 4.83. The molecule has 0 saturated carbocycles. The highest BCUT2D eigenvalue weighted by atomic mass is 32.2. The molecule has 0 fully saturated rings. The van der Waals surface area contributed by atoms with Crippen molar-refractivity contribution in [3.63, 3.8) is 0 Å². The maximum absolute atomic E-state index is 11.4. The van der Waals surface area contributed by atoms with Crippen LogP contribution in [0.4, 0.5) is 0 Å². The average molecular weight is 271 g/mol. The van der Waals surface area contributed by atoms with Crippen molar-refractivity contribution in [2.75, 3.05) is 18.1 Å². The number of hydrogen-bond acceptors (Lipinski definition) is 5. The Balaban J connectivity index is 2.54. The Morgan fingerprint density at radius 1 is 1.33 bits per heavy atom. The van der Waals surface area contributed by atoms with Gasteiger partial charge >= 0.3 is 0 Å². The quantitative estimate of drug-likeness (QED) is 0.772. The van der Waals surface area contributed by atoms with Gasteiger partial charge in [0.05, 0.1) is 11.9 Å². The first-order valence-corrected chi connectivity index (χ1v) is 8.11. The Hall–Kier alpha value is -1.01. The monoisotopic (exact) mass is 271 g/mol. The van der Waals surface area contributed by atoms with Gasteiger partial charge in [-0.05, 0) is 31.0 Å². The molecular formula is C12H21N3O2S. The molecule has 1 rings (SSSR count). The van der Waals surface area contributed by atoms with Crippen LogP contribution in [0.15, 0.2) is 18.5 Å². The minimum Gasteiger partial charge on any atom is -0.310 e. The van der Waals surface area contributed by atoms with Crippen molar-refractivity contribution in [3.05, 3.63) is 24.0 Å². The second-order valence-corrected chi connectivity index (χ2v) is 6.64. The molecule has 1 heterocycles. The summed E-state index contributed by atoms with van der Waals surface area (Å²) >= 11 is 0. The lowest BCUT2D eigenvalue weighted by molar-refractivity contribution is 0.504. The first kappa shape index (κ1) is 15.0. The summed E-state index contributed by atoms with van der Waals surface area (Å²) < 4.78 is 22.9. The van der Waals surface area contributed by atoms with Crippen molar-refractivity contribution >= 4 is 9.84 Å². The van der Waals surface area contributed by atoms with Gasteiger partial charge < -0.3 is 5.32 Å². The molecule has 0 aliphatic carbocycles. The standard InChI is InChI=1S/C12H21N3O2S/c1-3-13-12(11-7-8-14-15-10-11)6-5-9-18(16,17)4-2/h7-8,10,12-13H,3-6,9H2,1-2H3. The molecule has 1 aromatic rings. The number of nitrogens with one attached hydrogen (secondary N) is 1. The molecule has 1 N–H and O–H groups in total. The van der Waals surface area contributed by atoms with Crippen molar-refractivity contribution in [2.45, 2.75) is 32.7 Å². The summed E-state index contributed by atoms with van der Waals surface area (Å²) in [5.74, 6) is 0.472. The minimum absolute atomic E-state index is 0.151. The van der Waals surface area contributed by atoms with Gasteiger partial charge in [-0.1, -0.05) is 13.8 Å². The highest BCUT2D eigenvalue weighted by Gasteiger charge is 2.13. The second kappa shape index (κ2) is 7.43. The van der Waals surface area contributed by atoms with Crippen LogP contribution in [0.5, 0.6) is 0 Å². The summed E-state index contributed by atoms with van der Waals surface area (Å²) in [6, 6.07) is 2.06. The van der Waals surface area contributed by atoms with Crippen molar-refractivity contribution in [3.8, 4) is 0 Å². The highest BCUT2D eigenvalue weighted by molar-refractivity contribution is 7.91. The van der Waals surface area contributed by atoms with E-state index < -0.39 is 9.84 Å². The van der Waals surface area contributed by atoms with E-state index in [0.29, 0.717) is 6.42 Å². The zero-order chi connectivity index (χ0) is 13.4. The molecule has 0 aliphatic heterocycles. The third-order valence-corrected chi connectivity index (χ3v) is 4.64. The lowest BCUT2D eigenvalue weighted by Gasteiger charge is -2.17. The summed E-state index contributed by atoms with van der Waals surface area (Å²) in [5.41, 5.74) is 1.06. The van der Waals surface area contributed by atoms with E-state index in [9.17, 15) is 8.42 Å². The molecule has 6 heteroatoms. The first-order chi connectivity index (χ1) is 8.59. The van der Waals surface area contributed by atoms with E-state index in [0.717, 1.165) is 18.5 Å². The molecule has 18 heavy (non-hydrogen) atoms. The summed E-state index contributed by atoms with van der Waals surface area (Å²) in [4.78, 5) is 0. The zero-order valence-corrected chi connectivity index (χ0v) is 11.8. The van der Waals surface area contributed by atoms with Crippen LogP contribution in [-0.2, 0) is 9.84 Å². The maximum Gasteiger partial charge on any atom is 0.150 e. The third kappa shape index (κ3) is 5.10. The third-order valence-electron chi connectivity index (χ3n) is 2.85. The van der Waals surface area contributed by atoms with Gasteiger partial charge in [-0.3, -0.25) is 0 Å². The van der Waals surface area contributed by atoms with Gasteiger partial charge in [0.1, 0.15) is 9.84 Å². The molecule has 0 bridgehead atoms. The van der Waals surface area contributed by atoms with E-state index in [2.05, 4.69) is 15.5 Å². The lowest BCUT2D eigenvalue weighted by atomic mass is 10.1. The Kier molecular flexibility index (Phi) is 6.21. The molecule has 1 unspecified atom stereocenters. The van der Waals surface area contributed by atoms with Crippen LogP contribution < -0.4 is 5.32 Å². The Bertz CT molecular complexity index is 434. The fourth-order valence-corrected chi connectivity index (χ4v) is 2.69. The lowest BCUT2D eigenvalue weighted by Crippen LogP contribution is -2.22. The molecule has 0 amide bonds. The van der Waals surface area contributed by atoms with Crippen LogP contribution in [0, 0.1) is 0 Å². The smallest absolute Gasteiger partial charge is 0.150 e. The zero-order valence-electron chi connectivity index (χ0n) is 11.0. The molecule has 1 atom stereocenters. The van der Waals surface area contributed by atoms with E-state index >= 15 is 0 Å². The minimum atomic E-state index is -2.87. The van der Waals surface area contributed by atoms with Gasteiger partial charge in [0.2, 0.25) is 0 Å². The van der Waals surface area contributed by atoms with Crippen LogP contribution in [0.3, 0.4) is 0 Å². The normalized spacial score (nSPS) is 13.4. The number of hydrogen-bond donors (Lipinski definition) is 1. The molecule has 0 spiro atoms. The predicted octanol–water partition coefficient (Wildman–Crippen LogP) is 1.34. The average Bonchev–Trinajstić information content (AvgIpc) is 2.39. The Morgan fingerprint density at radius 3 is 2.67 bits per heavy atom. The van der Waals surface area contributed by atoms with E-state index in [1.807, 2.05) is 13.0 Å². The van der Waals surface area contributed by atoms with Gasteiger partial charge in [0.15, 0.2) is 0 Å². The SMILES string of the molecule is CCNC(CCCS(=O)(=O)CC)c1ccnnc1. The maximum atomic E-state index is 11.4. The van der Waals surface area contributed by atoms with Crippen molar-refractivity contribution in [1.29, 1.82) is 0 Å². The van der Waals surface area contributed by atoms with Gasteiger partial charge in [-0.2, -0.15) is 10.2 Å². The van der Waals surface area contributed by atoms with Crippen molar-refractivity contribution < 1.29 is 8.42 Å².